The van der Waals surface area contributed by atoms with Gasteiger partial charge in [-0.25, -0.2) is 0 Å². The summed E-state index contributed by atoms with van der Waals surface area (Å²) in [5.74, 6) is 1.87. The molecule has 4 aliphatic rings. The molecule has 1 atom stereocenters. The van der Waals surface area contributed by atoms with Gasteiger partial charge in [-0.15, -0.1) is 0 Å². The van der Waals surface area contributed by atoms with Crippen LogP contribution in [0.4, 0.5) is 0 Å². The van der Waals surface area contributed by atoms with Crippen LogP contribution >= 0.6 is 0 Å². The van der Waals surface area contributed by atoms with Crippen LogP contribution in [0.3, 0.4) is 0 Å². The third-order valence-electron chi connectivity index (χ3n) is 11.3. The fourth-order valence-electron chi connectivity index (χ4n) is 8.11. The zero-order valence-electron chi connectivity index (χ0n) is 32.6. The molecule has 4 rings (SSSR count). The van der Waals surface area contributed by atoms with E-state index in [0.717, 1.165) is 18.3 Å². The Balaban J connectivity index is 0. The van der Waals surface area contributed by atoms with E-state index >= 15 is 0 Å². The van der Waals surface area contributed by atoms with E-state index in [-0.39, 0.29) is 40.1 Å². The SMILES string of the molecule is C1CCCC1.C1CCCC1.CCCCCCCCCCC(OC)C1CCCC1.COC(=O)CCCCCCCCCC1CCCC1.[Fe].[Fe]. The molecule has 290 valence electrons. The largest absolute Gasteiger partial charge is 0.469 e. The minimum atomic E-state index is -0.0634. The number of ether oxygens (including phenoxy) is 2. The summed E-state index contributed by atoms with van der Waals surface area (Å²) in [6.07, 6.45) is 50.9. The average molecular weight is 761 g/mol. The van der Waals surface area contributed by atoms with Crippen molar-refractivity contribution in [3.63, 3.8) is 0 Å². The molecule has 0 aromatic heterocycles. The molecule has 0 saturated heterocycles. The molecule has 4 saturated carbocycles. The van der Waals surface area contributed by atoms with Gasteiger partial charge in [0.1, 0.15) is 0 Å². The molecule has 0 spiro atoms. The van der Waals surface area contributed by atoms with Gasteiger partial charge in [-0.2, -0.15) is 0 Å². The molecule has 0 amide bonds. The van der Waals surface area contributed by atoms with E-state index in [1.54, 1.807) is 0 Å². The van der Waals surface area contributed by atoms with Crippen LogP contribution in [-0.2, 0) is 48.4 Å². The van der Waals surface area contributed by atoms with E-state index in [2.05, 4.69) is 11.7 Å². The number of esters is 1. The maximum absolute atomic E-state index is 10.9. The van der Waals surface area contributed by atoms with Gasteiger partial charge in [0, 0.05) is 47.7 Å². The predicted molar refractivity (Wildman–Crippen MR) is 202 cm³/mol. The van der Waals surface area contributed by atoms with Gasteiger partial charge in [0.05, 0.1) is 13.2 Å². The van der Waals surface area contributed by atoms with E-state index < -0.39 is 0 Å². The Morgan fingerprint density at radius 1 is 0.521 bits per heavy atom. The molecule has 0 radical (unpaired) electrons. The Morgan fingerprint density at radius 3 is 1.35 bits per heavy atom. The van der Waals surface area contributed by atoms with Gasteiger partial charge in [0.15, 0.2) is 0 Å². The molecule has 3 nitrogen and oxygen atoms in total. The summed E-state index contributed by atoms with van der Waals surface area (Å²) in [6, 6.07) is 0. The third kappa shape index (κ3) is 32.4. The van der Waals surface area contributed by atoms with Crippen molar-refractivity contribution < 1.29 is 48.4 Å². The number of hydrogen-bond acceptors (Lipinski definition) is 3. The van der Waals surface area contributed by atoms with E-state index in [1.165, 1.54) is 225 Å². The van der Waals surface area contributed by atoms with Gasteiger partial charge in [0.25, 0.3) is 0 Å². The summed E-state index contributed by atoms with van der Waals surface area (Å²) in [7, 11) is 3.38. The molecule has 48 heavy (non-hydrogen) atoms. The van der Waals surface area contributed by atoms with E-state index in [1.807, 2.05) is 7.11 Å². The molecule has 4 aliphatic carbocycles. The quantitative estimate of drug-likeness (QED) is 0.0664. The summed E-state index contributed by atoms with van der Waals surface area (Å²) in [4.78, 5) is 10.9. The van der Waals surface area contributed by atoms with Crippen LogP contribution < -0.4 is 0 Å². The summed E-state index contributed by atoms with van der Waals surface area (Å²) in [6.45, 7) is 2.29. The second-order valence-electron chi connectivity index (χ2n) is 15.4. The van der Waals surface area contributed by atoms with E-state index in [4.69, 9.17) is 4.74 Å². The zero-order chi connectivity index (χ0) is 33.2. The van der Waals surface area contributed by atoms with Crippen LogP contribution in [-0.4, -0.2) is 26.3 Å². The van der Waals surface area contributed by atoms with Crippen LogP contribution in [0.25, 0.3) is 0 Å². The first-order valence-electron chi connectivity index (χ1n) is 21.3. The maximum Gasteiger partial charge on any atom is 0.305 e. The van der Waals surface area contributed by atoms with E-state index in [0.29, 0.717) is 12.5 Å². The van der Waals surface area contributed by atoms with Crippen molar-refractivity contribution in [1.82, 2.24) is 0 Å². The molecule has 4 fully saturated rings. The summed E-state index contributed by atoms with van der Waals surface area (Å²) < 4.78 is 10.3. The molecule has 0 heterocycles. The number of carbonyl (C=O) groups is 1. The molecule has 0 aliphatic heterocycles. The Kier molecular flexibility index (Phi) is 42.4. The first-order valence-corrected chi connectivity index (χ1v) is 21.3. The Labute approximate surface area is 323 Å². The first kappa shape index (κ1) is 50.6. The van der Waals surface area contributed by atoms with E-state index in [9.17, 15) is 4.79 Å². The first-order chi connectivity index (χ1) is 22.7. The van der Waals surface area contributed by atoms with Crippen LogP contribution in [0, 0.1) is 11.8 Å². The van der Waals surface area contributed by atoms with Gasteiger partial charge >= 0.3 is 5.97 Å². The molecular weight excluding hydrogens is 676 g/mol. The van der Waals surface area contributed by atoms with Gasteiger partial charge < -0.3 is 9.47 Å². The maximum atomic E-state index is 10.9. The average Bonchev–Trinajstić information content (AvgIpc) is 3.93. The number of hydrogen-bond donors (Lipinski definition) is 0. The molecular formula is C43H84Fe2O3. The Bertz CT molecular complexity index is 586. The van der Waals surface area contributed by atoms with Crippen LogP contribution in [0.15, 0.2) is 0 Å². The zero-order valence-corrected chi connectivity index (χ0v) is 34.8. The number of methoxy groups -OCH3 is 2. The smallest absolute Gasteiger partial charge is 0.305 e. The number of unbranched alkanes of at least 4 members (excludes halogenated alkanes) is 13. The summed E-state index contributed by atoms with van der Waals surface area (Å²) in [5, 5.41) is 0. The topological polar surface area (TPSA) is 35.5 Å². The number of carbonyl (C=O) groups excluding carboxylic acids is 1. The predicted octanol–water partition coefficient (Wildman–Crippen LogP) is 14.5. The van der Waals surface area contributed by atoms with Crippen molar-refractivity contribution in [2.75, 3.05) is 14.2 Å². The second-order valence-corrected chi connectivity index (χ2v) is 15.4. The van der Waals surface area contributed by atoms with Crippen molar-refractivity contribution in [2.24, 2.45) is 11.8 Å². The summed E-state index contributed by atoms with van der Waals surface area (Å²) >= 11 is 0. The molecule has 0 bridgehead atoms. The van der Waals surface area contributed by atoms with Gasteiger partial charge in [-0.1, -0.05) is 206 Å². The fraction of sp³-hybridized carbons (Fsp3) is 0.977. The molecule has 0 N–H and O–H groups in total. The molecule has 0 aromatic carbocycles. The van der Waals surface area contributed by atoms with Crippen molar-refractivity contribution in [1.29, 1.82) is 0 Å². The molecule has 1 unspecified atom stereocenters. The fourth-order valence-corrected chi connectivity index (χ4v) is 8.11. The normalized spacial score (nSPS) is 17.9. The standard InChI is InChI=1S/C17H34O.C16H30O2.2C5H10.2Fe/c1-3-4-5-6-7-8-9-10-15-17(18-2)16-13-11-12-14-16;1-18-16(17)14-8-6-4-2-3-5-7-11-15-12-9-10-13-15;2*1-2-4-5-3-1;;/h16-17H,3-15H2,1-2H3;15H,2-14H2,1H3;2*1-5H2;;. The summed E-state index contributed by atoms with van der Waals surface area (Å²) in [5.41, 5.74) is 0. The van der Waals surface area contributed by atoms with Crippen molar-refractivity contribution in [3.8, 4) is 0 Å². The van der Waals surface area contributed by atoms with Crippen LogP contribution in [0.2, 0.25) is 0 Å². The monoisotopic (exact) mass is 761 g/mol. The minimum absolute atomic E-state index is 0. The van der Waals surface area contributed by atoms with Crippen LogP contribution in [0.1, 0.15) is 238 Å². The van der Waals surface area contributed by atoms with Gasteiger partial charge in [0.2, 0.25) is 0 Å². The number of rotatable bonds is 21. The van der Waals surface area contributed by atoms with Gasteiger partial charge in [-0.05, 0) is 37.5 Å². The molecule has 0 aromatic rings. The van der Waals surface area contributed by atoms with Crippen molar-refractivity contribution in [3.05, 3.63) is 0 Å². The Morgan fingerprint density at radius 2 is 0.917 bits per heavy atom. The molecule has 5 heteroatoms. The van der Waals surface area contributed by atoms with Crippen molar-refractivity contribution >= 4 is 5.97 Å². The van der Waals surface area contributed by atoms with Gasteiger partial charge in [-0.3, -0.25) is 4.79 Å². The third-order valence-corrected chi connectivity index (χ3v) is 11.3. The van der Waals surface area contributed by atoms with Crippen LogP contribution in [0.5, 0.6) is 0 Å². The minimum Gasteiger partial charge on any atom is -0.469 e. The van der Waals surface area contributed by atoms with Crippen molar-refractivity contribution in [2.45, 2.75) is 244 Å². The Hall–Kier alpha value is 0.469. The second kappa shape index (κ2) is 40.2.